The van der Waals surface area contributed by atoms with E-state index in [0.29, 0.717) is 11.0 Å². The summed E-state index contributed by atoms with van der Waals surface area (Å²) in [4.78, 5) is 0. The van der Waals surface area contributed by atoms with E-state index >= 15 is 0 Å². The minimum Gasteiger partial charge on any atom is -0.435 e. The van der Waals surface area contributed by atoms with E-state index in [1.807, 2.05) is 12.1 Å². The van der Waals surface area contributed by atoms with Crippen LogP contribution in [0.1, 0.15) is 12.0 Å². The Hall–Kier alpha value is -1.81. The van der Waals surface area contributed by atoms with Gasteiger partial charge in [0.2, 0.25) is 5.88 Å². The van der Waals surface area contributed by atoms with Gasteiger partial charge in [-0.1, -0.05) is 23.7 Å². The molecule has 0 saturated heterocycles. The second-order valence-electron chi connectivity index (χ2n) is 4.12. The Morgan fingerprint density at radius 2 is 2.11 bits per heavy atom. The number of benzene rings is 1. The molecule has 0 atom stereocenters. The van der Waals surface area contributed by atoms with Crippen LogP contribution in [0.5, 0.6) is 11.6 Å². The van der Waals surface area contributed by atoms with Gasteiger partial charge in [-0.15, -0.1) is 10.2 Å². The van der Waals surface area contributed by atoms with Gasteiger partial charge in [-0.25, -0.2) is 0 Å². The van der Waals surface area contributed by atoms with E-state index in [1.165, 1.54) is 5.56 Å². The zero-order valence-corrected chi connectivity index (χ0v) is 10.4. The Kier molecular flexibility index (Phi) is 3.02. The summed E-state index contributed by atoms with van der Waals surface area (Å²) in [5, 5.41) is 11.4. The number of halogens is 1. The topological polar surface area (TPSA) is 47.0 Å². The van der Waals surface area contributed by atoms with Gasteiger partial charge in [-0.2, -0.15) is 0 Å². The fourth-order valence-corrected chi connectivity index (χ4v) is 2.13. The highest BCUT2D eigenvalue weighted by Crippen LogP contribution is 2.34. The average Bonchev–Trinajstić information content (AvgIpc) is 2.42. The molecular weight excluding hydrogens is 250 g/mol. The maximum atomic E-state index is 5.74. The van der Waals surface area contributed by atoms with E-state index in [-0.39, 0.29) is 0 Å². The summed E-state index contributed by atoms with van der Waals surface area (Å²) in [6, 6.07) is 9.39. The van der Waals surface area contributed by atoms with Gasteiger partial charge in [-0.05, 0) is 30.5 Å². The standard InChI is InChI=1S/C13H12ClN3O/c14-11-6-7-12(17-16-11)18-10-5-1-3-9-4-2-8-15-13(9)10/h1,3,5-7,15H,2,4,8H2. The number of rotatable bonds is 2. The molecular formula is C13H12ClN3O. The predicted octanol–water partition coefficient (Wildman–Crippen LogP) is 3.28. The minimum atomic E-state index is 0.357. The van der Waals surface area contributed by atoms with Crippen molar-refractivity contribution in [3.05, 3.63) is 41.0 Å². The molecule has 1 aromatic carbocycles. The molecule has 2 aromatic rings. The molecule has 0 unspecified atom stereocenters. The van der Waals surface area contributed by atoms with Gasteiger partial charge in [0, 0.05) is 12.6 Å². The molecule has 0 spiro atoms. The van der Waals surface area contributed by atoms with Crippen molar-refractivity contribution in [2.75, 3.05) is 11.9 Å². The van der Waals surface area contributed by atoms with Crippen molar-refractivity contribution in [2.45, 2.75) is 12.8 Å². The highest BCUT2D eigenvalue weighted by atomic mass is 35.5. The predicted molar refractivity (Wildman–Crippen MR) is 70.4 cm³/mol. The van der Waals surface area contributed by atoms with Gasteiger partial charge >= 0.3 is 0 Å². The van der Waals surface area contributed by atoms with E-state index < -0.39 is 0 Å². The molecule has 1 N–H and O–H groups in total. The minimum absolute atomic E-state index is 0.357. The largest absolute Gasteiger partial charge is 0.435 e. The molecule has 3 rings (SSSR count). The Balaban J connectivity index is 1.90. The van der Waals surface area contributed by atoms with E-state index in [4.69, 9.17) is 16.3 Å². The van der Waals surface area contributed by atoms with Crippen LogP contribution in [-0.4, -0.2) is 16.7 Å². The number of fused-ring (bicyclic) bond motifs is 1. The molecule has 0 fully saturated rings. The molecule has 0 saturated carbocycles. The molecule has 4 nitrogen and oxygen atoms in total. The lowest BCUT2D eigenvalue weighted by Crippen LogP contribution is -2.12. The van der Waals surface area contributed by atoms with Gasteiger partial charge in [0.15, 0.2) is 10.9 Å². The molecule has 0 radical (unpaired) electrons. The number of hydrogen-bond acceptors (Lipinski definition) is 4. The van der Waals surface area contributed by atoms with Gasteiger partial charge in [0.05, 0.1) is 5.69 Å². The summed E-state index contributed by atoms with van der Waals surface area (Å²) in [5.74, 6) is 1.23. The van der Waals surface area contributed by atoms with Crippen molar-refractivity contribution in [1.29, 1.82) is 0 Å². The highest BCUT2D eigenvalue weighted by Gasteiger charge is 2.14. The van der Waals surface area contributed by atoms with Crippen LogP contribution in [0.2, 0.25) is 5.15 Å². The van der Waals surface area contributed by atoms with Gasteiger partial charge in [-0.3, -0.25) is 0 Å². The zero-order valence-electron chi connectivity index (χ0n) is 9.69. The summed E-state index contributed by atoms with van der Waals surface area (Å²) in [6.45, 7) is 0.972. The third-order valence-corrected chi connectivity index (χ3v) is 3.06. The van der Waals surface area contributed by atoms with E-state index in [9.17, 15) is 0 Å². The average molecular weight is 262 g/mol. The Bertz CT molecular complexity index is 557. The van der Waals surface area contributed by atoms with Crippen molar-refractivity contribution in [1.82, 2.24) is 10.2 Å². The van der Waals surface area contributed by atoms with Crippen molar-refractivity contribution in [3.8, 4) is 11.6 Å². The van der Waals surface area contributed by atoms with E-state index in [0.717, 1.165) is 30.8 Å². The molecule has 0 amide bonds. The molecule has 2 heterocycles. The monoisotopic (exact) mass is 261 g/mol. The number of ether oxygens (including phenoxy) is 1. The molecule has 1 aliphatic heterocycles. The third kappa shape index (κ3) is 2.24. The maximum Gasteiger partial charge on any atom is 0.239 e. The lowest BCUT2D eigenvalue weighted by atomic mass is 10.0. The number of anilines is 1. The van der Waals surface area contributed by atoms with Crippen LogP contribution in [0.4, 0.5) is 5.69 Å². The number of aryl methyl sites for hydroxylation is 1. The van der Waals surface area contributed by atoms with Crippen LogP contribution in [0.25, 0.3) is 0 Å². The Morgan fingerprint density at radius 3 is 2.94 bits per heavy atom. The van der Waals surface area contributed by atoms with Crippen molar-refractivity contribution >= 4 is 17.3 Å². The van der Waals surface area contributed by atoms with Crippen LogP contribution in [0, 0.1) is 0 Å². The number of aromatic nitrogens is 2. The summed E-state index contributed by atoms with van der Waals surface area (Å²) in [6.07, 6.45) is 2.23. The first-order valence-electron chi connectivity index (χ1n) is 5.86. The van der Waals surface area contributed by atoms with Crippen LogP contribution in [0.3, 0.4) is 0 Å². The number of para-hydroxylation sites is 1. The maximum absolute atomic E-state index is 5.74. The molecule has 1 aliphatic rings. The number of hydrogen-bond donors (Lipinski definition) is 1. The summed E-state index contributed by atoms with van der Waals surface area (Å²) < 4.78 is 5.74. The van der Waals surface area contributed by atoms with Crippen LogP contribution >= 0.6 is 11.6 Å². The Morgan fingerprint density at radius 1 is 1.17 bits per heavy atom. The van der Waals surface area contributed by atoms with E-state index in [2.05, 4.69) is 21.6 Å². The first-order chi connectivity index (χ1) is 8.83. The highest BCUT2D eigenvalue weighted by molar-refractivity contribution is 6.29. The number of nitrogens with one attached hydrogen (secondary N) is 1. The smallest absolute Gasteiger partial charge is 0.239 e. The van der Waals surface area contributed by atoms with Crippen LogP contribution in [-0.2, 0) is 6.42 Å². The summed E-state index contributed by atoms with van der Waals surface area (Å²) in [5.41, 5.74) is 2.33. The molecule has 1 aromatic heterocycles. The quantitative estimate of drug-likeness (QED) is 0.901. The third-order valence-electron chi connectivity index (χ3n) is 2.86. The molecule has 5 heteroatoms. The summed E-state index contributed by atoms with van der Waals surface area (Å²) >= 11 is 5.69. The molecule has 18 heavy (non-hydrogen) atoms. The number of nitrogens with zero attached hydrogens (tertiary/aromatic N) is 2. The van der Waals surface area contributed by atoms with Crippen LogP contribution < -0.4 is 10.1 Å². The second-order valence-corrected chi connectivity index (χ2v) is 4.50. The second kappa shape index (κ2) is 4.82. The lowest BCUT2D eigenvalue weighted by Gasteiger charge is -2.20. The first kappa shape index (κ1) is 11.3. The van der Waals surface area contributed by atoms with Crippen LogP contribution in [0.15, 0.2) is 30.3 Å². The van der Waals surface area contributed by atoms with Crippen molar-refractivity contribution in [2.24, 2.45) is 0 Å². The molecule has 92 valence electrons. The lowest BCUT2D eigenvalue weighted by molar-refractivity contribution is 0.455. The molecule has 0 bridgehead atoms. The van der Waals surface area contributed by atoms with Gasteiger partial charge < -0.3 is 10.1 Å². The SMILES string of the molecule is Clc1ccc(Oc2cccc3c2NCCC3)nn1. The fourth-order valence-electron chi connectivity index (χ4n) is 2.03. The molecule has 0 aliphatic carbocycles. The fraction of sp³-hybridized carbons (Fsp3) is 0.231. The van der Waals surface area contributed by atoms with Crippen molar-refractivity contribution < 1.29 is 4.74 Å². The normalized spacial score (nSPS) is 13.6. The zero-order chi connectivity index (χ0) is 12.4. The first-order valence-corrected chi connectivity index (χ1v) is 6.23. The van der Waals surface area contributed by atoms with E-state index in [1.54, 1.807) is 12.1 Å². The van der Waals surface area contributed by atoms with Crippen molar-refractivity contribution in [3.63, 3.8) is 0 Å². The van der Waals surface area contributed by atoms with Gasteiger partial charge in [0.25, 0.3) is 0 Å². The Labute approximate surface area is 110 Å². The summed E-state index contributed by atoms with van der Waals surface area (Å²) in [7, 11) is 0. The van der Waals surface area contributed by atoms with Gasteiger partial charge in [0.1, 0.15) is 0 Å².